The minimum absolute atomic E-state index is 0.0225. The Kier molecular flexibility index (Phi) is 6.81. The molecule has 6 nitrogen and oxygen atoms in total. The molecule has 0 fully saturated rings. The standard InChI is InChI=1S/C24H19FN2O4S/c25-18-12-10-17(11-13-18)14-27-21-9-5-4-8-20(21)26-24(27)32-16-23(29)30-15-22(28)31-19-6-2-1-3-7-19/h1-13H,14-16H2. The summed E-state index contributed by atoms with van der Waals surface area (Å²) in [7, 11) is 0. The van der Waals surface area contributed by atoms with E-state index in [1.807, 2.05) is 28.8 Å². The fraction of sp³-hybridized carbons (Fsp3) is 0.125. The number of esters is 2. The third-order valence-electron chi connectivity index (χ3n) is 4.52. The van der Waals surface area contributed by atoms with E-state index in [4.69, 9.17) is 9.47 Å². The van der Waals surface area contributed by atoms with Crippen LogP contribution in [0, 0.1) is 5.82 Å². The van der Waals surface area contributed by atoms with E-state index >= 15 is 0 Å². The molecule has 4 aromatic rings. The van der Waals surface area contributed by atoms with Gasteiger partial charge in [-0.2, -0.15) is 0 Å². The average Bonchev–Trinajstić information content (AvgIpc) is 3.16. The lowest BCUT2D eigenvalue weighted by atomic mass is 10.2. The molecule has 0 atom stereocenters. The van der Waals surface area contributed by atoms with E-state index in [1.54, 1.807) is 42.5 Å². The maximum absolute atomic E-state index is 13.3. The van der Waals surface area contributed by atoms with Gasteiger partial charge >= 0.3 is 11.9 Å². The molecule has 0 aliphatic rings. The summed E-state index contributed by atoms with van der Waals surface area (Å²) < 4.78 is 25.3. The van der Waals surface area contributed by atoms with Crippen molar-refractivity contribution in [2.24, 2.45) is 0 Å². The van der Waals surface area contributed by atoms with Crippen molar-refractivity contribution in [2.45, 2.75) is 11.7 Å². The summed E-state index contributed by atoms with van der Waals surface area (Å²) >= 11 is 1.21. The van der Waals surface area contributed by atoms with Crippen molar-refractivity contribution in [3.8, 4) is 5.75 Å². The number of carbonyl (C=O) groups is 2. The minimum Gasteiger partial charge on any atom is -0.453 e. The van der Waals surface area contributed by atoms with Crippen LogP contribution in [-0.4, -0.2) is 33.8 Å². The SMILES string of the molecule is O=C(CSc1nc2ccccc2n1Cc1ccc(F)cc1)OCC(=O)Oc1ccccc1. The zero-order chi connectivity index (χ0) is 22.3. The molecule has 3 aromatic carbocycles. The summed E-state index contributed by atoms with van der Waals surface area (Å²) in [6.07, 6.45) is 0. The van der Waals surface area contributed by atoms with Gasteiger partial charge in [-0.05, 0) is 42.0 Å². The van der Waals surface area contributed by atoms with Gasteiger partial charge < -0.3 is 14.0 Å². The van der Waals surface area contributed by atoms with Gasteiger partial charge in [-0.15, -0.1) is 0 Å². The molecule has 1 heterocycles. The molecule has 8 heteroatoms. The predicted molar refractivity (Wildman–Crippen MR) is 119 cm³/mol. The summed E-state index contributed by atoms with van der Waals surface area (Å²) in [5, 5.41) is 0.624. The first-order chi connectivity index (χ1) is 15.6. The molecule has 0 saturated heterocycles. The van der Waals surface area contributed by atoms with Crippen molar-refractivity contribution >= 4 is 34.7 Å². The first-order valence-corrected chi connectivity index (χ1v) is 10.8. The molecular weight excluding hydrogens is 431 g/mol. The van der Waals surface area contributed by atoms with Gasteiger partial charge in [-0.3, -0.25) is 4.79 Å². The number of fused-ring (bicyclic) bond motifs is 1. The zero-order valence-corrected chi connectivity index (χ0v) is 17.8. The summed E-state index contributed by atoms with van der Waals surface area (Å²) in [6.45, 7) is 0.00184. The molecule has 0 aliphatic heterocycles. The number of thioether (sulfide) groups is 1. The highest BCUT2D eigenvalue weighted by molar-refractivity contribution is 7.99. The monoisotopic (exact) mass is 450 g/mol. The summed E-state index contributed by atoms with van der Waals surface area (Å²) in [5.74, 6) is -1.14. The quantitative estimate of drug-likeness (QED) is 0.224. The molecule has 0 radical (unpaired) electrons. The lowest BCUT2D eigenvalue weighted by molar-refractivity contribution is -0.151. The largest absolute Gasteiger partial charge is 0.453 e. The Morgan fingerprint density at radius 3 is 2.41 bits per heavy atom. The summed E-state index contributed by atoms with van der Waals surface area (Å²) in [5.41, 5.74) is 2.60. The molecular formula is C24H19FN2O4S. The maximum Gasteiger partial charge on any atom is 0.349 e. The molecule has 162 valence electrons. The number of imidazole rings is 1. The number of carbonyl (C=O) groups excluding carboxylic acids is 2. The van der Waals surface area contributed by atoms with Crippen LogP contribution in [0.2, 0.25) is 0 Å². The molecule has 0 aliphatic carbocycles. The molecule has 1 aromatic heterocycles. The number of ether oxygens (including phenoxy) is 2. The lowest BCUT2D eigenvalue weighted by Crippen LogP contribution is -2.19. The molecule has 0 bridgehead atoms. The van der Waals surface area contributed by atoms with Crippen LogP contribution in [0.15, 0.2) is 84.0 Å². The molecule has 0 unspecified atom stereocenters. The van der Waals surface area contributed by atoms with Crippen LogP contribution in [0.5, 0.6) is 5.75 Å². The third-order valence-corrected chi connectivity index (χ3v) is 5.47. The second-order valence-electron chi connectivity index (χ2n) is 6.83. The predicted octanol–water partition coefficient (Wildman–Crippen LogP) is 4.46. The van der Waals surface area contributed by atoms with Gasteiger partial charge in [0.05, 0.1) is 23.3 Å². The lowest BCUT2D eigenvalue weighted by Gasteiger charge is -2.09. The van der Waals surface area contributed by atoms with E-state index < -0.39 is 18.5 Å². The topological polar surface area (TPSA) is 70.4 Å². The molecule has 0 N–H and O–H groups in total. The fourth-order valence-corrected chi connectivity index (χ4v) is 3.85. The number of aromatic nitrogens is 2. The van der Waals surface area contributed by atoms with Gasteiger partial charge in [0.1, 0.15) is 11.6 Å². The molecule has 0 saturated carbocycles. The van der Waals surface area contributed by atoms with Gasteiger partial charge in [0.2, 0.25) is 0 Å². The van der Waals surface area contributed by atoms with Crippen molar-refractivity contribution < 1.29 is 23.5 Å². The highest BCUT2D eigenvalue weighted by Crippen LogP contribution is 2.25. The van der Waals surface area contributed by atoms with Gasteiger partial charge in [-0.25, -0.2) is 14.2 Å². The van der Waals surface area contributed by atoms with E-state index in [2.05, 4.69) is 4.98 Å². The zero-order valence-electron chi connectivity index (χ0n) is 16.9. The highest BCUT2D eigenvalue weighted by atomic mass is 32.2. The molecule has 0 amide bonds. The average molecular weight is 450 g/mol. The number of nitrogens with zero attached hydrogens (tertiary/aromatic N) is 2. The van der Waals surface area contributed by atoms with Crippen LogP contribution in [0.3, 0.4) is 0 Å². The summed E-state index contributed by atoms with van der Waals surface area (Å²) in [6, 6.07) is 22.4. The number of halogens is 1. The normalized spacial score (nSPS) is 10.8. The summed E-state index contributed by atoms with van der Waals surface area (Å²) in [4.78, 5) is 28.6. The Morgan fingerprint density at radius 1 is 0.906 bits per heavy atom. The molecule has 4 rings (SSSR count). The third kappa shape index (κ3) is 5.53. The number of hydrogen-bond acceptors (Lipinski definition) is 6. The Balaban J connectivity index is 1.38. The van der Waals surface area contributed by atoms with Crippen molar-refractivity contribution in [3.63, 3.8) is 0 Å². The van der Waals surface area contributed by atoms with E-state index in [0.717, 1.165) is 16.6 Å². The number of rotatable bonds is 8. The van der Waals surface area contributed by atoms with Crippen molar-refractivity contribution in [2.75, 3.05) is 12.4 Å². The second-order valence-corrected chi connectivity index (χ2v) is 7.77. The first-order valence-electron chi connectivity index (χ1n) is 9.82. The second kappa shape index (κ2) is 10.1. The van der Waals surface area contributed by atoms with E-state index in [-0.39, 0.29) is 11.6 Å². The van der Waals surface area contributed by atoms with Crippen molar-refractivity contribution in [3.05, 3.63) is 90.2 Å². The van der Waals surface area contributed by atoms with Crippen LogP contribution < -0.4 is 4.74 Å². The first kappa shape index (κ1) is 21.6. The number of benzene rings is 3. The minimum atomic E-state index is -0.655. The maximum atomic E-state index is 13.3. The Bertz CT molecular complexity index is 1230. The van der Waals surface area contributed by atoms with E-state index in [1.165, 1.54) is 23.9 Å². The smallest absolute Gasteiger partial charge is 0.349 e. The van der Waals surface area contributed by atoms with Crippen LogP contribution in [0.1, 0.15) is 5.56 Å². The van der Waals surface area contributed by atoms with Crippen LogP contribution >= 0.6 is 11.8 Å². The Hall–Kier alpha value is -3.65. The van der Waals surface area contributed by atoms with E-state index in [9.17, 15) is 14.0 Å². The van der Waals surface area contributed by atoms with Gasteiger partial charge in [0, 0.05) is 0 Å². The molecule has 0 spiro atoms. The van der Waals surface area contributed by atoms with Crippen LogP contribution in [-0.2, 0) is 20.9 Å². The van der Waals surface area contributed by atoms with Gasteiger partial charge in [-0.1, -0.05) is 54.2 Å². The van der Waals surface area contributed by atoms with Gasteiger partial charge in [0.25, 0.3) is 0 Å². The Morgan fingerprint density at radius 2 is 1.62 bits per heavy atom. The number of para-hydroxylation sites is 3. The number of hydrogen-bond donors (Lipinski definition) is 0. The molecule has 32 heavy (non-hydrogen) atoms. The van der Waals surface area contributed by atoms with Crippen molar-refractivity contribution in [1.82, 2.24) is 9.55 Å². The van der Waals surface area contributed by atoms with E-state index in [0.29, 0.717) is 17.5 Å². The fourth-order valence-electron chi connectivity index (χ4n) is 3.04. The Labute approximate surface area is 188 Å². The van der Waals surface area contributed by atoms with Crippen molar-refractivity contribution in [1.29, 1.82) is 0 Å². The van der Waals surface area contributed by atoms with Crippen LogP contribution in [0.25, 0.3) is 11.0 Å². The van der Waals surface area contributed by atoms with Gasteiger partial charge in [0.15, 0.2) is 11.8 Å². The highest BCUT2D eigenvalue weighted by Gasteiger charge is 2.15. The van der Waals surface area contributed by atoms with Crippen LogP contribution in [0.4, 0.5) is 4.39 Å².